The molecule has 1 atom stereocenters. The molecule has 3 rings (SSSR count). The third-order valence-corrected chi connectivity index (χ3v) is 5.85. The Bertz CT molecular complexity index is 951. The van der Waals surface area contributed by atoms with Gasteiger partial charge in [-0.15, -0.1) is 0 Å². The Hall–Kier alpha value is -2.54. The lowest BCUT2D eigenvalue weighted by Gasteiger charge is -2.41. The van der Waals surface area contributed by atoms with Crippen LogP contribution in [0.3, 0.4) is 0 Å². The van der Waals surface area contributed by atoms with Gasteiger partial charge in [-0.1, -0.05) is 32.0 Å². The van der Waals surface area contributed by atoms with E-state index in [-0.39, 0.29) is 17.6 Å². The Balaban J connectivity index is 1.81. The molecule has 1 heterocycles. The summed E-state index contributed by atoms with van der Waals surface area (Å²) in [6.45, 7) is 4.20. The average Bonchev–Trinajstić information content (AvgIpc) is 2.67. The number of rotatable bonds is 6. The van der Waals surface area contributed by atoms with Crippen molar-refractivity contribution < 1.29 is 17.9 Å². The minimum atomic E-state index is -3.35. The van der Waals surface area contributed by atoms with Crippen LogP contribution in [0, 0.1) is 0 Å². The quantitative estimate of drug-likeness (QED) is 0.768. The van der Waals surface area contributed by atoms with Crippen LogP contribution in [0.2, 0.25) is 0 Å². The van der Waals surface area contributed by atoms with E-state index in [0.717, 1.165) is 30.4 Å². The fourth-order valence-electron chi connectivity index (χ4n) is 3.58. The predicted molar refractivity (Wildman–Crippen MR) is 110 cm³/mol. The molecule has 1 aliphatic rings. The predicted octanol–water partition coefficient (Wildman–Crippen LogP) is 3.87. The van der Waals surface area contributed by atoms with Crippen molar-refractivity contribution in [2.75, 3.05) is 11.0 Å². The molecule has 0 bridgehead atoms. The first-order valence-corrected chi connectivity index (χ1v) is 11.3. The van der Waals surface area contributed by atoms with E-state index in [1.807, 2.05) is 24.3 Å². The molecule has 0 aromatic heterocycles. The van der Waals surface area contributed by atoms with Crippen LogP contribution in [0.25, 0.3) is 0 Å². The number of sulfonamides is 1. The molecule has 2 N–H and O–H groups in total. The van der Waals surface area contributed by atoms with E-state index in [1.165, 1.54) is 0 Å². The lowest BCUT2D eigenvalue weighted by Crippen LogP contribution is -2.44. The van der Waals surface area contributed by atoms with Gasteiger partial charge in [0.2, 0.25) is 10.0 Å². The number of hydrogen-bond acceptors (Lipinski definition) is 4. The second-order valence-electron chi connectivity index (χ2n) is 7.21. The second kappa shape index (κ2) is 7.83. The van der Waals surface area contributed by atoms with Gasteiger partial charge in [0.05, 0.1) is 12.3 Å². The normalized spacial score (nSPS) is 17.9. The molecule has 2 aromatic rings. The lowest BCUT2D eigenvalue weighted by atomic mass is 9.83. The topological polar surface area (TPSA) is 84.5 Å². The number of carbonyl (C=O) groups is 1. The van der Waals surface area contributed by atoms with Crippen LogP contribution in [-0.2, 0) is 10.0 Å². The lowest BCUT2D eigenvalue weighted by molar-refractivity contribution is 0.0227. The maximum absolute atomic E-state index is 12.8. The number of fused-ring (bicyclic) bond motifs is 1. The molecular formula is C21H26N2O4S. The summed E-state index contributed by atoms with van der Waals surface area (Å²) in [4.78, 5) is 12.8. The van der Waals surface area contributed by atoms with Crippen LogP contribution < -0.4 is 14.8 Å². The number of para-hydroxylation sites is 1. The second-order valence-corrected chi connectivity index (χ2v) is 8.96. The summed E-state index contributed by atoms with van der Waals surface area (Å²) in [6.07, 6.45) is 3.51. The van der Waals surface area contributed by atoms with E-state index in [1.54, 1.807) is 24.3 Å². The smallest absolute Gasteiger partial charge is 0.251 e. The van der Waals surface area contributed by atoms with Crippen molar-refractivity contribution in [3.63, 3.8) is 0 Å². The molecule has 7 heteroatoms. The van der Waals surface area contributed by atoms with Gasteiger partial charge in [0.1, 0.15) is 11.4 Å². The van der Waals surface area contributed by atoms with E-state index in [4.69, 9.17) is 4.74 Å². The van der Waals surface area contributed by atoms with Crippen LogP contribution in [0.5, 0.6) is 5.75 Å². The minimum Gasteiger partial charge on any atom is -0.487 e. The SMILES string of the molecule is CCC1(CC)C[C@@H](NC(=O)c2ccc(NS(C)(=O)=O)cc2)c2ccccc2O1. The third kappa shape index (κ3) is 4.47. The first-order chi connectivity index (χ1) is 13.3. The van der Waals surface area contributed by atoms with Crippen molar-refractivity contribution >= 4 is 21.6 Å². The summed E-state index contributed by atoms with van der Waals surface area (Å²) in [7, 11) is -3.35. The highest BCUT2D eigenvalue weighted by molar-refractivity contribution is 7.92. The molecule has 0 saturated carbocycles. The van der Waals surface area contributed by atoms with Gasteiger partial charge in [-0.05, 0) is 43.2 Å². The first-order valence-electron chi connectivity index (χ1n) is 9.42. The van der Waals surface area contributed by atoms with Crippen LogP contribution >= 0.6 is 0 Å². The van der Waals surface area contributed by atoms with Crippen LogP contribution in [0.1, 0.15) is 55.1 Å². The van der Waals surface area contributed by atoms with Gasteiger partial charge in [0, 0.05) is 23.2 Å². The Labute approximate surface area is 166 Å². The number of nitrogens with one attached hydrogen (secondary N) is 2. The third-order valence-electron chi connectivity index (χ3n) is 5.24. The van der Waals surface area contributed by atoms with Crippen molar-refractivity contribution in [3.05, 3.63) is 59.7 Å². The number of ether oxygens (including phenoxy) is 1. The standard InChI is InChI=1S/C21H26N2O4S/c1-4-21(5-2)14-18(17-8-6-7-9-19(17)27-21)22-20(24)15-10-12-16(13-11-15)23-28(3,25)26/h6-13,18,23H,4-5,14H2,1-3H3,(H,22,24)/t18-/m1/s1. The number of anilines is 1. The van der Waals surface area contributed by atoms with E-state index in [9.17, 15) is 13.2 Å². The van der Waals surface area contributed by atoms with E-state index in [0.29, 0.717) is 17.7 Å². The summed E-state index contributed by atoms with van der Waals surface area (Å²) >= 11 is 0. The Morgan fingerprint density at radius 1 is 1.11 bits per heavy atom. The van der Waals surface area contributed by atoms with Gasteiger partial charge in [0.25, 0.3) is 5.91 Å². The van der Waals surface area contributed by atoms with Gasteiger partial charge in [-0.3, -0.25) is 9.52 Å². The highest BCUT2D eigenvalue weighted by atomic mass is 32.2. The average molecular weight is 403 g/mol. The maximum Gasteiger partial charge on any atom is 0.251 e. The Morgan fingerprint density at radius 3 is 2.36 bits per heavy atom. The molecule has 0 aliphatic carbocycles. The van der Waals surface area contributed by atoms with Crippen LogP contribution in [0.4, 0.5) is 5.69 Å². The van der Waals surface area contributed by atoms with Gasteiger partial charge in [-0.2, -0.15) is 0 Å². The summed E-state index contributed by atoms with van der Waals surface area (Å²) in [6, 6.07) is 14.0. The van der Waals surface area contributed by atoms with E-state index < -0.39 is 10.0 Å². The van der Waals surface area contributed by atoms with Gasteiger partial charge in [0.15, 0.2) is 0 Å². The number of benzene rings is 2. The zero-order chi connectivity index (χ0) is 20.4. The molecular weight excluding hydrogens is 376 g/mol. The van der Waals surface area contributed by atoms with E-state index in [2.05, 4.69) is 23.9 Å². The molecule has 28 heavy (non-hydrogen) atoms. The first kappa shape index (κ1) is 20.2. The molecule has 0 radical (unpaired) electrons. The summed E-state index contributed by atoms with van der Waals surface area (Å²) < 4.78 is 31.3. The number of amides is 1. The fourth-order valence-corrected chi connectivity index (χ4v) is 4.14. The Morgan fingerprint density at radius 2 is 1.75 bits per heavy atom. The van der Waals surface area contributed by atoms with Crippen molar-refractivity contribution in [2.24, 2.45) is 0 Å². The Kier molecular flexibility index (Phi) is 5.65. The number of hydrogen-bond donors (Lipinski definition) is 2. The van der Waals surface area contributed by atoms with Crippen molar-refractivity contribution in [3.8, 4) is 5.75 Å². The highest BCUT2D eigenvalue weighted by Gasteiger charge is 2.38. The molecule has 6 nitrogen and oxygen atoms in total. The molecule has 1 amide bonds. The van der Waals surface area contributed by atoms with Gasteiger partial charge < -0.3 is 10.1 Å². The van der Waals surface area contributed by atoms with Crippen molar-refractivity contribution in [1.29, 1.82) is 0 Å². The molecule has 2 aromatic carbocycles. The van der Waals surface area contributed by atoms with E-state index >= 15 is 0 Å². The molecule has 0 saturated heterocycles. The summed E-state index contributed by atoms with van der Waals surface area (Å²) in [5.74, 6) is 0.615. The molecule has 0 fully saturated rings. The van der Waals surface area contributed by atoms with Crippen LogP contribution in [-0.4, -0.2) is 26.2 Å². The van der Waals surface area contributed by atoms with Gasteiger partial charge >= 0.3 is 0 Å². The minimum absolute atomic E-state index is 0.147. The van der Waals surface area contributed by atoms with Crippen molar-refractivity contribution in [1.82, 2.24) is 5.32 Å². The summed E-state index contributed by atoms with van der Waals surface area (Å²) in [5.41, 5.74) is 1.58. The fraction of sp³-hybridized carbons (Fsp3) is 0.381. The zero-order valence-corrected chi connectivity index (χ0v) is 17.2. The maximum atomic E-state index is 12.8. The zero-order valence-electron chi connectivity index (χ0n) is 16.4. The van der Waals surface area contributed by atoms with Gasteiger partial charge in [-0.25, -0.2) is 8.42 Å². The van der Waals surface area contributed by atoms with Crippen molar-refractivity contribution in [2.45, 2.75) is 44.8 Å². The van der Waals surface area contributed by atoms with Crippen LogP contribution in [0.15, 0.2) is 48.5 Å². The molecule has 1 aliphatic heterocycles. The largest absolute Gasteiger partial charge is 0.487 e. The molecule has 0 spiro atoms. The monoisotopic (exact) mass is 402 g/mol. The molecule has 0 unspecified atom stereocenters. The molecule has 150 valence electrons. The highest BCUT2D eigenvalue weighted by Crippen LogP contribution is 2.42. The number of carbonyl (C=O) groups excluding carboxylic acids is 1. The summed E-state index contributed by atoms with van der Waals surface area (Å²) in [5, 5.41) is 3.12.